The first kappa shape index (κ1) is 18.1. The van der Waals surface area contributed by atoms with E-state index >= 15 is 0 Å². The standard InChI is InChI=1S/C21H22N2O2S/c1-2-14-25-18-11-9-17(10-12-18)19-15-26-21(22-19)23-20(24)13-8-16-6-4-3-5-7-16/h3-7,9-12,15H,2,8,13-14H2,1H3,(H,22,23,24). The molecule has 2 aromatic carbocycles. The number of nitrogens with one attached hydrogen (secondary N) is 1. The number of rotatable bonds is 8. The molecule has 1 amide bonds. The number of carbonyl (C=O) groups excluding carboxylic acids is 1. The summed E-state index contributed by atoms with van der Waals surface area (Å²) in [5.41, 5.74) is 3.03. The first-order valence-corrected chi connectivity index (χ1v) is 9.65. The van der Waals surface area contributed by atoms with E-state index < -0.39 is 0 Å². The number of ether oxygens (including phenoxy) is 1. The van der Waals surface area contributed by atoms with Gasteiger partial charge in [-0.1, -0.05) is 37.3 Å². The number of thiazole rings is 1. The number of aromatic nitrogens is 1. The minimum atomic E-state index is -0.0157. The summed E-state index contributed by atoms with van der Waals surface area (Å²) in [5.74, 6) is 0.846. The van der Waals surface area contributed by atoms with E-state index in [0.717, 1.165) is 42.0 Å². The molecule has 0 radical (unpaired) electrons. The van der Waals surface area contributed by atoms with Gasteiger partial charge in [-0.25, -0.2) is 4.98 Å². The molecule has 0 fully saturated rings. The fraction of sp³-hybridized carbons (Fsp3) is 0.238. The summed E-state index contributed by atoms with van der Waals surface area (Å²) in [6.07, 6.45) is 2.16. The number of nitrogens with zero attached hydrogens (tertiary/aromatic N) is 1. The largest absolute Gasteiger partial charge is 0.494 e. The molecule has 0 spiro atoms. The molecular formula is C21H22N2O2S. The van der Waals surface area contributed by atoms with Crippen LogP contribution in [0.25, 0.3) is 11.3 Å². The van der Waals surface area contributed by atoms with Crippen molar-refractivity contribution in [3.05, 3.63) is 65.5 Å². The molecule has 0 saturated carbocycles. The second-order valence-corrected chi connectivity index (χ2v) is 6.80. The highest BCUT2D eigenvalue weighted by atomic mass is 32.1. The third kappa shape index (κ3) is 5.17. The predicted octanol–water partition coefficient (Wildman–Crippen LogP) is 5.17. The van der Waals surface area contributed by atoms with Gasteiger partial charge in [0.15, 0.2) is 5.13 Å². The van der Waals surface area contributed by atoms with E-state index in [1.54, 1.807) is 0 Å². The lowest BCUT2D eigenvalue weighted by atomic mass is 10.1. The van der Waals surface area contributed by atoms with Crippen LogP contribution in [-0.4, -0.2) is 17.5 Å². The van der Waals surface area contributed by atoms with Crippen molar-refractivity contribution in [1.82, 2.24) is 4.98 Å². The smallest absolute Gasteiger partial charge is 0.226 e. The van der Waals surface area contributed by atoms with Crippen molar-refractivity contribution in [1.29, 1.82) is 0 Å². The van der Waals surface area contributed by atoms with Gasteiger partial charge in [0.1, 0.15) is 5.75 Å². The maximum Gasteiger partial charge on any atom is 0.226 e. The monoisotopic (exact) mass is 366 g/mol. The van der Waals surface area contributed by atoms with E-state index in [1.807, 2.05) is 60.0 Å². The lowest BCUT2D eigenvalue weighted by Crippen LogP contribution is -2.12. The van der Waals surface area contributed by atoms with Crippen LogP contribution in [0.4, 0.5) is 5.13 Å². The van der Waals surface area contributed by atoms with Gasteiger partial charge in [0.2, 0.25) is 5.91 Å². The Kier molecular flexibility index (Phi) is 6.39. The Morgan fingerprint density at radius 2 is 1.88 bits per heavy atom. The molecular weight excluding hydrogens is 344 g/mol. The lowest BCUT2D eigenvalue weighted by Gasteiger charge is -2.04. The quantitative estimate of drug-likeness (QED) is 0.598. The van der Waals surface area contributed by atoms with E-state index in [-0.39, 0.29) is 5.91 Å². The van der Waals surface area contributed by atoms with Crippen molar-refractivity contribution in [3.63, 3.8) is 0 Å². The molecule has 4 nitrogen and oxygen atoms in total. The van der Waals surface area contributed by atoms with Crippen molar-refractivity contribution in [2.45, 2.75) is 26.2 Å². The molecule has 0 unspecified atom stereocenters. The van der Waals surface area contributed by atoms with Crippen molar-refractivity contribution in [2.24, 2.45) is 0 Å². The number of hydrogen-bond acceptors (Lipinski definition) is 4. The highest BCUT2D eigenvalue weighted by molar-refractivity contribution is 7.14. The molecule has 5 heteroatoms. The Morgan fingerprint density at radius 1 is 1.12 bits per heavy atom. The Hall–Kier alpha value is -2.66. The molecule has 0 aliphatic carbocycles. The number of aryl methyl sites for hydroxylation is 1. The number of hydrogen-bond donors (Lipinski definition) is 1. The zero-order valence-corrected chi connectivity index (χ0v) is 15.6. The van der Waals surface area contributed by atoms with Gasteiger partial charge in [0.25, 0.3) is 0 Å². The van der Waals surface area contributed by atoms with Crippen LogP contribution in [0, 0.1) is 0 Å². The molecule has 3 rings (SSSR count). The molecule has 3 aromatic rings. The normalized spacial score (nSPS) is 10.5. The minimum absolute atomic E-state index is 0.0157. The van der Waals surface area contributed by atoms with Crippen molar-refractivity contribution < 1.29 is 9.53 Å². The van der Waals surface area contributed by atoms with Gasteiger partial charge in [-0.15, -0.1) is 11.3 Å². The summed E-state index contributed by atoms with van der Waals surface area (Å²) in [7, 11) is 0. The van der Waals surface area contributed by atoms with Crippen molar-refractivity contribution in [3.8, 4) is 17.0 Å². The summed E-state index contributed by atoms with van der Waals surface area (Å²) >= 11 is 1.44. The van der Waals surface area contributed by atoms with Crippen LogP contribution in [0.5, 0.6) is 5.75 Å². The summed E-state index contributed by atoms with van der Waals surface area (Å²) < 4.78 is 5.59. The lowest BCUT2D eigenvalue weighted by molar-refractivity contribution is -0.116. The first-order chi connectivity index (χ1) is 12.7. The number of carbonyl (C=O) groups is 1. The van der Waals surface area contributed by atoms with Gasteiger partial charge in [-0.05, 0) is 42.7 Å². The van der Waals surface area contributed by atoms with Gasteiger partial charge in [0.05, 0.1) is 12.3 Å². The second kappa shape index (κ2) is 9.15. The molecule has 0 atom stereocenters. The summed E-state index contributed by atoms with van der Waals surface area (Å²) in [6, 6.07) is 17.9. The van der Waals surface area contributed by atoms with Crippen LogP contribution in [0.3, 0.4) is 0 Å². The molecule has 0 saturated heterocycles. The fourth-order valence-corrected chi connectivity index (χ4v) is 3.23. The summed E-state index contributed by atoms with van der Waals surface area (Å²) in [4.78, 5) is 16.6. The molecule has 26 heavy (non-hydrogen) atoms. The Balaban J connectivity index is 1.54. The zero-order chi connectivity index (χ0) is 18.2. The van der Waals surface area contributed by atoms with E-state index in [4.69, 9.17) is 4.74 Å². The molecule has 0 bridgehead atoms. The molecule has 1 heterocycles. The Labute approximate surface area is 157 Å². The minimum Gasteiger partial charge on any atom is -0.494 e. The second-order valence-electron chi connectivity index (χ2n) is 5.94. The topological polar surface area (TPSA) is 51.2 Å². The number of benzene rings is 2. The zero-order valence-electron chi connectivity index (χ0n) is 14.8. The van der Waals surface area contributed by atoms with Crippen LogP contribution >= 0.6 is 11.3 Å². The number of anilines is 1. The van der Waals surface area contributed by atoms with Crippen LogP contribution in [-0.2, 0) is 11.2 Å². The van der Waals surface area contributed by atoms with E-state index in [9.17, 15) is 4.79 Å². The fourth-order valence-electron chi connectivity index (χ4n) is 2.49. The van der Waals surface area contributed by atoms with Gasteiger partial charge < -0.3 is 10.1 Å². The van der Waals surface area contributed by atoms with Crippen LogP contribution < -0.4 is 10.1 Å². The maximum atomic E-state index is 12.1. The average Bonchev–Trinajstić information content (AvgIpc) is 3.14. The van der Waals surface area contributed by atoms with E-state index in [2.05, 4.69) is 17.2 Å². The van der Waals surface area contributed by atoms with E-state index in [0.29, 0.717) is 11.6 Å². The maximum absolute atomic E-state index is 12.1. The molecule has 0 aliphatic rings. The van der Waals surface area contributed by atoms with Crippen LogP contribution in [0.2, 0.25) is 0 Å². The molecule has 1 aromatic heterocycles. The molecule has 0 aliphatic heterocycles. The van der Waals surface area contributed by atoms with Crippen molar-refractivity contribution >= 4 is 22.4 Å². The SMILES string of the molecule is CCCOc1ccc(-c2csc(NC(=O)CCc3ccccc3)n2)cc1. The predicted molar refractivity (Wildman–Crippen MR) is 107 cm³/mol. The van der Waals surface area contributed by atoms with Gasteiger partial charge >= 0.3 is 0 Å². The summed E-state index contributed by atoms with van der Waals surface area (Å²) in [5, 5.41) is 5.47. The molecule has 1 N–H and O–H groups in total. The van der Waals surface area contributed by atoms with Crippen LogP contribution in [0.1, 0.15) is 25.3 Å². The van der Waals surface area contributed by atoms with Crippen LogP contribution in [0.15, 0.2) is 60.0 Å². The van der Waals surface area contributed by atoms with E-state index in [1.165, 1.54) is 11.3 Å². The third-order valence-corrected chi connectivity index (χ3v) is 4.61. The summed E-state index contributed by atoms with van der Waals surface area (Å²) in [6.45, 7) is 2.80. The van der Waals surface area contributed by atoms with Gasteiger partial charge in [-0.3, -0.25) is 4.79 Å². The third-order valence-electron chi connectivity index (χ3n) is 3.86. The number of amides is 1. The average molecular weight is 366 g/mol. The van der Waals surface area contributed by atoms with Gasteiger partial charge in [0, 0.05) is 17.4 Å². The highest BCUT2D eigenvalue weighted by Crippen LogP contribution is 2.26. The first-order valence-electron chi connectivity index (χ1n) is 8.77. The van der Waals surface area contributed by atoms with Gasteiger partial charge in [-0.2, -0.15) is 0 Å². The van der Waals surface area contributed by atoms with Crippen molar-refractivity contribution in [2.75, 3.05) is 11.9 Å². The Bertz CT molecular complexity index is 829. The molecule has 134 valence electrons. The Morgan fingerprint density at radius 3 is 2.62 bits per heavy atom. The highest BCUT2D eigenvalue weighted by Gasteiger charge is 2.08.